The van der Waals surface area contributed by atoms with E-state index in [4.69, 9.17) is 4.74 Å². The van der Waals surface area contributed by atoms with Crippen LogP contribution in [0.1, 0.15) is 59.3 Å². The lowest BCUT2D eigenvalue weighted by molar-refractivity contribution is -0.169. The van der Waals surface area contributed by atoms with Gasteiger partial charge >= 0.3 is 5.97 Å². The average Bonchev–Trinajstić information content (AvgIpc) is 2.55. The minimum absolute atomic E-state index is 0.0573. The van der Waals surface area contributed by atoms with Gasteiger partial charge < -0.3 is 9.84 Å². The fourth-order valence-corrected chi connectivity index (χ4v) is 6.13. The van der Waals surface area contributed by atoms with E-state index >= 15 is 0 Å². The summed E-state index contributed by atoms with van der Waals surface area (Å²) in [6, 6.07) is 0. The van der Waals surface area contributed by atoms with Gasteiger partial charge in [0.15, 0.2) is 0 Å². The Labute approximate surface area is 146 Å². The maximum Gasteiger partial charge on any atom is 0.311 e. The fourth-order valence-electron chi connectivity index (χ4n) is 6.13. The minimum Gasteiger partial charge on any atom is -0.469 e. The van der Waals surface area contributed by atoms with Crippen LogP contribution in [0.2, 0.25) is 0 Å². The zero-order valence-corrected chi connectivity index (χ0v) is 15.6. The molecular weight excluding hydrogens is 300 g/mol. The minimum atomic E-state index is -0.398. The van der Waals surface area contributed by atoms with Gasteiger partial charge in [0.2, 0.25) is 0 Å². The number of methoxy groups -OCH3 is 1. The lowest BCUT2D eigenvalue weighted by atomic mass is 9.45. The Morgan fingerprint density at radius 3 is 2.71 bits per heavy atom. The molecule has 134 valence electrons. The number of rotatable bonds is 2. The third kappa shape index (κ3) is 2.31. The average molecular weight is 332 g/mol. The highest BCUT2D eigenvalue weighted by Crippen LogP contribution is 2.64. The summed E-state index contributed by atoms with van der Waals surface area (Å²) in [5.41, 5.74) is 0.817. The summed E-state index contributed by atoms with van der Waals surface area (Å²) < 4.78 is 5.18. The highest BCUT2D eigenvalue weighted by Gasteiger charge is 2.59. The van der Waals surface area contributed by atoms with Gasteiger partial charge in [0.05, 0.1) is 18.6 Å². The summed E-state index contributed by atoms with van der Waals surface area (Å²) >= 11 is 0. The number of fused-ring (bicyclic) bond motifs is 3. The zero-order valence-electron chi connectivity index (χ0n) is 15.6. The molecule has 0 unspecified atom stereocenters. The molecule has 2 saturated carbocycles. The van der Waals surface area contributed by atoms with Crippen LogP contribution in [0.25, 0.3) is 0 Å². The smallest absolute Gasteiger partial charge is 0.311 e. The number of esters is 1. The summed E-state index contributed by atoms with van der Waals surface area (Å²) in [4.78, 5) is 12.6. The van der Waals surface area contributed by atoms with Crippen molar-refractivity contribution in [2.75, 3.05) is 7.11 Å². The van der Waals surface area contributed by atoms with E-state index in [1.54, 1.807) is 0 Å². The van der Waals surface area contributed by atoms with Gasteiger partial charge in [-0.25, -0.2) is 0 Å². The molecule has 0 spiro atoms. The second kappa shape index (κ2) is 5.72. The van der Waals surface area contributed by atoms with Crippen molar-refractivity contribution < 1.29 is 14.6 Å². The summed E-state index contributed by atoms with van der Waals surface area (Å²) in [6.07, 6.45) is 9.68. The molecule has 0 aliphatic heterocycles. The Balaban J connectivity index is 2.01. The van der Waals surface area contributed by atoms with E-state index in [0.717, 1.165) is 38.5 Å². The van der Waals surface area contributed by atoms with E-state index in [-0.39, 0.29) is 16.8 Å². The molecule has 0 heterocycles. The van der Waals surface area contributed by atoms with Gasteiger partial charge in [0.1, 0.15) is 0 Å². The van der Waals surface area contributed by atoms with Crippen LogP contribution in [0.4, 0.5) is 0 Å². The molecular formula is C21H32O3. The molecule has 0 amide bonds. The first-order chi connectivity index (χ1) is 11.2. The monoisotopic (exact) mass is 332 g/mol. The third-order valence-corrected chi connectivity index (χ3v) is 7.71. The Morgan fingerprint density at radius 1 is 1.38 bits per heavy atom. The van der Waals surface area contributed by atoms with Crippen LogP contribution < -0.4 is 0 Å². The van der Waals surface area contributed by atoms with Crippen LogP contribution >= 0.6 is 0 Å². The molecule has 6 atom stereocenters. The number of aliphatic hydroxyl groups excluding tert-OH is 1. The Hall–Kier alpha value is -1.09. The zero-order chi connectivity index (χ0) is 17.8. The van der Waals surface area contributed by atoms with Crippen molar-refractivity contribution in [3.8, 4) is 0 Å². The first-order valence-electron chi connectivity index (χ1n) is 9.33. The molecule has 2 fully saturated rings. The van der Waals surface area contributed by atoms with E-state index in [1.807, 2.05) is 6.08 Å². The molecule has 3 rings (SSSR count). The molecule has 24 heavy (non-hydrogen) atoms. The van der Waals surface area contributed by atoms with Crippen LogP contribution in [0.5, 0.6) is 0 Å². The number of aliphatic hydroxyl groups is 1. The first kappa shape index (κ1) is 17.7. The first-order valence-corrected chi connectivity index (χ1v) is 9.33. The highest BCUT2D eigenvalue weighted by molar-refractivity contribution is 5.77. The fraction of sp³-hybridized carbons (Fsp3) is 0.762. The van der Waals surface area contributed by atoms with E-state index in [9.17, 15) is 9.90 Å². The van der Waals surface area contributed by atoms with Gasteiger partial charge in [-0.2, -0.15) is 0 Å². The van der Waals surface area contributed by atoms with Crippen molar-refractivity contribution >= 4 is 5.97 Å². The Kier molecular flexibility index (Phi) is 4.23. The molecule has 3 nitrogen and oxygen atoms in total. The van der Waals surface area contributed by atoms with Crippen molar-refractivity contribution in [3.05, 3.63) is 24.3 Å². The number of ether oxygens (including phenoxy) is 1. The number of carbonyl (C=O) groups is 1. The molecule has 0 aromatic carbocycles. The van der Waals surface area contributed by atoms with Gasteiger partial charge in [-0.15, -0.1) is 6.58 Å². The maximum atomic E-state index is 12.6. The van der Waals surface area contributed by atoms with Gasteiger partial charge in [0.25, 0.3) is 0 Å². The normalized spacial score (nSPS) is 47.9. The number of allylic oxidation sites excluding steroid dienone is 1. The Bertz CT molecular complexity index is 580. The molecule has 3 aliphatic carbocycles. The second-order valence-electron chi connectivity index (χ2n) is 8.95. The SMILES string of the molecule is C=C[C@@]1(C)C=C2CC[C@@H]3[C@](C)(CCC[C@@]3(C)C(=O)OC)[C@H]2C[C@H]1O. The van der Waals surface area contributed by atoms with Crippen molar-refractivity contribution in [1.82, 2.24) is 0 Å². The van der Waals surface area contributed by atoms with E-state index < -0.39 is 11.5 Å². The largest absolute Gasteiger partial charge is 0.469 e. The molecule has 3 aliphatic rings. The van der Waals surface area contributed by atoms with Crippen LogP contribution in [0.3, 0.4) is 0 Å². The molecule has 0 aromatic heterocycles. The maximum absolute atomic E-state index is 12.6. The van der Waals surface area contributed by atoms with E-state index in [0.29, 0.717) is 11.8 Å². The molecule has 3 heteroatoms. The van der Waals surface area contributed by atoms with Crippen LogP contribution in [-0.2, 0) is 9.53 Å². The van der Waals surface area contributed by atoms with Gasteiger partial charge in [-0.3, -0.25) is 4.79 Å². The van der Waals surface area contributed by atoms with E-state index in [1.165, 1.54) is 12.7 Å². The van der Waals surface area contributed by atoms with Gasteiger partial charge in [-0.05, 0) is 56.3 Å². The summed E-state index contributed by atoms with van der Waals surface area (Å²) in [5, 5.41) is 10.7. The molecule has 0 bridgehead atoms. The quantitative estimate of drug-likeness (QED) is 0.607. The predicted octanol–water partition coefficient (Wildman–Crippen LogP) is 4.27. The van der Waals surface area contributed by atoms with Gasteiger partial charge in [0, 0.05) is 5.41 Å². The standard InChI is InChI=1S/C21H32O3/c1-6-19(2)13-14-8-9-16-20(3,15(14)12-17(19)22)10-7-11-21(16,4)18(23)24-5/h6,13,15-17,22H,1,7-12H2,2-5H3/t15-,16+,17+,19-,20+,21+/m0/s1. The predicted molar refractivity (Wildman–Crippen MR) is 95.3 cm³/mol. The summed E-state index contributed by atoms with van der Waals surface area (Å²) in [6.45, 7) is 10.5. The van der Waals surface area contributed by atoms with Crippen LogP contribution in [-0.4, -0.2) is 24.3 Å². The topological polar surface area (TPSA) is 46.5 Å². The van der Waals surface area contributed by atoms with Crippen LogP contribution in [0.15, 0.2) is 24.3 Å². The molecule has 0 radical (unpaired) electrons. The number of hydrogen-bond donors (Lipinski definition) is 1. The third-order valence-electron chi connectivity index (χ3n) is 7.71. The van der Waals surface area contributed by atoms with Crippen molar-refractivity contribution in [2.24, 2.45) is 28.1 Å². The van der Waals surface area contributed by atoms with E-state index in [2.05, 4.69) is 33.4 Å². The lowest BCUT2D eigenvalue weighted by Gasteiger charge is -2.59. The molecule has 0 aromatic rings. The number of hydrogen-bond acceptors (Lipinski definition) is 3. The van der Waals surface area contributed by atoms with Crippen molar-refractivity contribution in [1.29, 1.82) is 0 Å². The van der Waals surface area contributed by atoms with Crippen molar-refractivity contribution in [3.63, 3.8) is 0 Å². The molecule has 1 N–H and O–H groups in total. The highest BCUT2D eigenvalue weighted by atomic mass is 16.5. The second-order valence-corrected chi connectivity index (χ2v) is 8.95. The summed E-state index contributed by atoms with van der Waals surface area (Å²) in [5.74, 6) is 0.635. The Morgan fingerprint density at radius 2 is 2.08 bits per heavy atom. The summed E-state index contributed by atoms with van der Waals surface area (Å²) in [7, 11) is 1.51. The van der Waals surface area contributed by atoms with Crippen LogP contribution in [0, 0.1) is 28.1 Å². The van der Waals surface area contributed by atoms with Gasteiger partial charge in [-0.1, -0.05) is 38.0 Å². The lowest BCUT2D eigenvalue weighted by Crippen LogP contribution is -2.55. The number of carbonyl (C=O) groups excluding carboxylic acids is 1. The molecule has 0 saturated heterocycles. The van der Waals surface area contributed by atoms with Crippen molar-refractivity contribution in [2.45, 2.75) is 65.4 Å².